The fourth-order valence-corrected chi connectivity index (χ4v) is 2.72. The van der Waals surface area contributed by atoms with Crippen molar-refractivity contribution in [3.63, 3.8) is 0 Å². The summed E-state index contributed by atoms with van der Waals surface area (Å²) in [6.45, 7) is 6.41. The summed E-state index contributed by atoms with van der Waals surface area (Å²) in [5, 5.41) is 3.35. The number of rotatable bonds is 7. The molecule has 1 unspecified atom stereocenters. The lowest BCUT2D eigenvalue weighted by atomic mass is 9.78. The summed E-state index contributed by atoms with van der Waals surface area (Å²) in [5.74, 6) is -0.211. The minimum atomic E-state index is -0.412. The Kier molecular flexibility index (Phi) is 5.80. The second-order valence-corrected chi connectivity index (χ2v) is 6.35. The first-order chi connectivity index (χ1) is 11.0. The lowest BCUT2D eigenvalue weighted by Gasteiger charge is -2.34. The van der Waals surface area contributed by atoms with Gasteiger partial charge in [-0.1, -0.05) is 62.4 Å². The van der Waals surface area contributed by atoms with Crippen LogP contribution in [0.2, 0.25) is 0 Å². The van der Waals surface area contributed by atoms with Gasteiger partial charge in [0.25, 0.3) is 0 Å². The van der Waals surface area contributed by atoms with Crippen LogP contribution in [0.25, 0.3) is 0 Å². The van der Waals surface area contributed by atoms with Crippen molar-refractivity contribution in [2.75, 3.05) is 11.9 Å². The van der Waals surface area contributed by atoms with Gasteiger partial charge in [-0.25, -0.2) is 4.79 Å². The number of carbonyl (C=O) groups excluding carboxylic acids is 1. The van der Waals surface area contributed by atoms with Crippen molar-refractivity contribution in [2.24, 2.45) is 5.41 Å². The molecule has 3 heteroatoms. The molecule has 0 aliphatic heterocycles. The van der Waals surface area contributed by atoms with E-state index in [1.165, 1.54) is 5.56 Å². The molecule has 2 aromatic carbocycles. The summed E-state index contributed by atoms with van der Waals surface area (Å²) in [6, 6.07) is 19.6. The Bertz CT molecular complexity index is 608. The first kappa shape index (κ1) is 17.1. The summed E-state index contributed by atoms with van der Waals surface area (Å²) in [7, 11) is 0. The van der Waals surface area contributed by atoms with Crippen molar-refractivity contribution in [1.82, 2.24) is 0 Å². The highest BCUT2D eigenvalue weighted by molar-refractivity contribution is 5.80. The smallest absolute Gasteiger partial charge is 0.329 e. The average Bonchev–Trinajstić information content (AvgIpc) is 2.54. The van der Waals surface area contributed by atoms with Crippen molar-refractivity contribution < 1.29 is 9.53 Å². The number of para-hydroxylation sites is 1. The first-order valence-electron chi connectivity index (χ1n) is 8.05. The molecule has 0 saturated carbocycles. The molecule has 23 heavy (non-hydrogen) atoms. The molecule has 1 N–H and O–H groups in total. The molecule has 2 rings (SSSR count). The van der Waals surface area contributed by atoms with E-state index in [0.717, 1.165) is 12.1 Å². The van der Waals surface area contributed by atoms with Crippen LogP contribution in [0.4, 0.5) is 5.69 Å². The van der Waals surface area contributed by atoms with E-state index in [2.05, 4.69) is 31.3 Å². The van der Waals surface area contributed by atoms with Gasteiger partial charge in [-0.05, 0) is 36.5 Å². The molecule has 2 aromatic rings. The largest absolute Gasteiger partial charge is 0.464 e. The number of nitrogens with one attached hydrogen (secondary N) is 1. The average molecular weight is 311 g/mol. The number of hydrogen-bond donors (Lipinski definition) is 1. The zero-order valence-electron chi connectivity index (χ0n) is 14.1. The fraction of sp³-hybridized carbons (Fsp3) is 0.350. The molecular formula is C20H25NO2. The van der Waals surface area contributed by atoms with Gasteiger partial charge in [-0.15, -0.1) is 0 Å². The molecule has 0 amide bonds. The summed E-state index contributed by atoms with van der Waals surface area (Å²) in [6.07, 6.45) is 0.789. The Morgan fingerprint density at radius 1 is 1.04 bits per heavy atom. The Balaban J connectivity index is 2.22. The van der Waals surface area contributed by atoms with Crippen LogP contribution < -0.4 is 5.32 Å². The highest BCUT2D eigenvalue weighted by atomic mass is 16.5. The van der Waals surface area contributed by atoms with E-state index >= 15 is 0 Å². The maximum Gasteiger partial charge on any atom is 0.329 e. The molecule has 0 aromatic heterocycles. The minimum Gasteiger partial charge on any atom is -0.464 e. The zero-order valence-corrected chi connectivity index (χ0v) is 14.1. The third-order valence-electron chi connectivity index (χ3n) is 3.89. The van der Waals surface area contributed by atoms with Gasteiger partial charge >= 0.3 is 5.97 Å². The predicted octanol–water partition coefficient (Wildman–Crippen LogP) is 4.30. The third kappa shape index (κ3) is 4.85. The molecule has 122 valence electrons. The Labute approximate surface area is 138 Å². The van der Waals surface area contributed by atoms with Crippen LogP contribution in [0.15, 0.2) is 60.7 Å². The predicted molar refractivity (Wildman–Crippen MR) is 94.4 cm³/mol. The minimum absolute atomic E-state index is 0.211. The number of ether oxygens (including phenoxy) is 1. The van der Waals surface area contributed by atoms with Gasteiger partial charge < -0.3 is 10.1 Å². The van der Waals surface area contributed by atoms with Gasteiger partial charge in [0.15, 0.2) is 0 Å². The highest BCUT2D eigenvalue weighted by Gasteiger charge is 2.36. The fourth-order valence-electron chi connectivity index (χ4n) is 2.72. The van der Waals surface area contributed by atoms with Gasteiger partial charge in [-0.3, -0.25) is 0 Å². The summed E-state index contributed by atoms with van der Waals surface area (Å²) < 4.78 is 5.30. The van der Waals surface area contributed by atoms with E-state index in [4.69, 9.17) is 4.74 Å². The second-order valence-electron chi connectivity index (χ2n) is 6.35. The van der Waals surface area contributed by atoms with Crippen molar-refractivity contribution >= 4 is 11.7 Å². The van der Waals surface area contributed by atoms with Crippen molar-refractivity contribution in [3.8, 4) is 0 Å². The van der Waals surface area contributed by atoms with Gasteiger partial charge in [0.1, 0.15) is 6.04 Å². The topological polar surface area (TPSA) is 38.3 Å². The van der Waals surface area contributed by atoms with E-state index in [1.807, 2.05) is 55.5 Å². The highest BCUT2D eigenvalue weighted by Crippen LogP contribution is 2.29. The van der Waals surface area contributed by atoms with Gasteiger partial charge in [-0.2, -0.15) is 0 Å². The molecule has 0 saturated heterocycles. The monoisotopic (exact) mass is 311 g/mol. The molecule has 0 spiro atoms. The Morgan fingerprint density at radius 3 is 2.17 bits per heavy atom. The van der Waals surface area contributed by atoms with E-state index in [9.17, 15) is 4.79 Å². The van der Waals surface area contributed by atoms with Gasteiger partial charge in [0.2, 0.25) is 0 Å². The molecule has 0 aliphatic carbocycles. The number of anilines is 1. The molecule has 1 atom stereocenters. The molecule has 0 heterocycles. The van der Waals surface area contributed by atoms with Crippen LogP contribution in [0.3, 0.4) is 0 Å². The molecule has 0 fully saturated rings. The normalized spacial score (nSPS) is 12.5. The van der Waals surface area contributed by atoms with E-state index in [-0.39, 0.29) is 11.4 Å². The van der Waals surface area contributed by atoms with Crippen molar-refractivity contribution in [1.29, 1.82) is 0 Å². The maximum atomic E-state index is 12.5. The van der Waals surface area contributed by atoms with Crippen molar-refractivity contribution in [3.05, 3.63) is 66.2 Å². The van der Waals surface area contributed by atoms with Gasteiger partial charge in [0, 0.05) is 5.69 Å². The SMILES string of the molecule is CCOC(=O)C(Nc1ccccc1)C(C)(C)Cc1ccccc1. The lowest BCUT2D eigenvalue weighted by molar-refractivity contribution is -0.146. The maximum absolute atomic E-state index is 12.5. The Morgan fingerprint density at radius 2 is 1.61 bits per heavy atom. The number of carbonyl (C=O) groups is 1. The first-order valence-corrected chi connectivity index (χ1v) is 8.05. The number of esters is 1. The van der Waals surface area contributed by atoms with Crippen LogP contribution in [0.5, 0.6) is 0 Å². The number of benzene rings is 2. The molecule has 0 radical (unpaired) electrons. The van der Waals surface area contributed by atoms with Crippen LogP contribution >= 0.6 is 0 Å². The van der Waals surface area contributed by atoms with Crippen LogP contribution in [-0.2, 0) is 16.0 Å². The third-order valence-corrected chi connectivity index (χ3v) is 3.89. The standard InChI is InChI=1S/C20H25NO2/c1-4-23-19(22)18(21-17-13-9-6-10-14-17)20(2,3)15-16-11-7-5-8-12-16/h5-14,18,21H,4,15H2,1-3H3. The van der Waals surface area contributed by atoms with E-state index in [0.29, 0.717) is 6.61 Å². The van der Waals surface area contributed by atoms with Crippen LogP contribution in [0, 0.1) is 5.41 Å². The lowest BCUT2D eigenvalue weighted by Crippen LogP contribution is -2.45. The Hall–Kier alpha value is -2.29. The summed E-state index contributed by atoms with van der Waals surface area (Å²) in [5.41, 5.74) is 1.84. The second kappa shape index (κ2) is 7.82. The zero-order chi connectivity index (χ0) is 16.7. The molecular weight excluding hydrogens is 286 g/mol. The van der Waals surface area contributed by atoms with Crippen LogP contribution in [0.1, 0.15) is 26.3 Å². The van der Waals surface area contributed by atoms with Crippen molar-refractivity contribution in [2.45, 2.75) is 33.2 Å². The van der Waals surface area contributed by atoms with E-state index in [1.54, 1.807) is 0 Å². The van der Waals surface area contributed by atoms with E-state index < -0.39 is 6.04 Å². The molecule has 0 aliphatic rings. The van der Waals surface area contributed by atoms with Crippen LogP contribution in [-0.4, -0.2) is 18.6 Å². The molecule has 0 bridgehead atoms. The summed E-state index contributed by atoms with van der Waals surface area (Å²) in [4.78, 5) is 12.5. The molecule has 3 nitrogen and oxygen atoms in total. The summed E-state index contributed by atoms with van der Waals surface area (Å²) >= 11 is 0. The number of hydrogen-bond acceptors (Lipinski definition) is 3. The van der Waals surface area contributed by atoms with Gasteiger partial charge in [0.05, 0.1) is 6.61 Å². The quantitative estimate of drug-likeness (QED) is 0.775.